The van der Waals surface area contributed by atoms with Gasteiger partial charge in [0.25, 0.3) is 0 Å². The number of hydrogen-bond acceptors (Lipinski definition) is 4. The van der Waals surface area contributed by atoms with E-state index in [2.05, 4.69) is 66.3 Å². The van der Waals surface area contributed by atoms with Gasteiger partial charge in [-0.3, -0.25) is 9.67 Å². The standard InChI is InChI=1S/C22H33N5O2.HI/c1-6-23-21(24-10-7-11-27-17(3)12-16(2)26-27)25-14-22(4,5)18-8-9-19-20(13-18)29-15-28-19;/h8-9,12-13H,6-7,10-11,14-15H2,1-5H3,(H2,23,24,25);1H. The third kappa shape index (κ3) is 6.26. The fourth-order valence-corrected chi connectivity index (χ4v) is 3.36. The van der Waals surface area contributed by atoms with Crippen LogP contribution in [0, 0.1) is 13.8 Å². The van der Waals surface area contributed by atoms with Crippen LogP contribution in [0.4, 0.5) is 0 Å². The van der Waals surface area contributed by atoms with Gasteiger partial charge < -0.3 is 20.1 Å². The zero-order valence-corrected chi connectivity index (χ0v) is 20.9. The van der Waals surface area contributed by atoms with Gasteiger partial charge in [-0.15, -0.1) is 24.0 Å². The maximum absolute atomic E-state index is 5.52. The monoisotopic (exact) mass is 527 g/mol. The number of guanidine groups is 1. The highest BCUT2D eigenvalue weighted by Crippen LogP contribution is 2.36. The van der Waals surface area contributed by atoms with E-state index in [4.69, 9.17) is 14.5 Å². The van der Waals surface area contributed by atoms with E-state index in [-0.39, 0.29) is 29.4 Å². The van der Waals surface area contributed by atoms with Crippen molar-refractivity contribution in [2.45, 2.75) is 53.0 Å². The minimum Gasteiger partial charge on any atom is -0.454 e. The lowest BCUT2D eigenvalue weighted by molar-refractivity contribution is 0.174. The van der Waals surface area contributed by atoms with Crippen molar-refractivity contribution >= 4 is 29.9 Å². The summed E-state index contributed by atoms with van der Waals surface area (Å²) in [5.74, 6) is 2.47. The molecule has 0 saturated heterocycles. The molecule has 1 aromatic heterocycles. The first kappa shape index (κ1) is 24.3. The van der Waals surface area contributed by atoms with Gasteiger partial charge in [0, 0.05) is 30.7 Å². The van der Waals surface area contributed by atoms with Gasteiger partial charge in [-0.1, -0.05) is 19.9 Å². The van der Waals surface area contributed by atoms with E-state index in [1.165, 1.54) is 11.3 Å². The van der Waals surface area contributed by atoms with Crippen LogP contribution in [0.2, 0.25) is 0 Å². The predicted molar refractivity (Wildman–Crippen MR) is 131 cm³/mol. The van der Waals surface area contributed by atoms with Gasteiger partial charge in [-0.05, 0) is 51.0 Å². The average Bonchev–Trinajstić information content (AvgIpc) is 3.28. The first-order valence-electron chi connectivity index (χ1n) is 10.3. The maximum atomic E-state index is 5.52. The summed E-state index contributed by atoms with van der Waals surface area (Å²) in [5, 5.41) is 11.3. The quantitative estimate of drug-likeness (QED) is 0.237. The molecule has 0 bridgehead atoms. The Labute approximate surface area is 196 Å². The largest absolute Gasteiger partial charge is 0.454 e. The molecule has 8 heteroatoms. The zero-order chi connectivity index (χ0) is 20.9. The van der Waals surface area contributed by atoms with E-state index in [1.807, 2.05) is 13.0 Å². The minimum atomic E-state index is -0.118. The molecule has 0 amide bonds. The molecular weight excluding hydrogens is 493 g/mol. The summed E-state index contributed by atoms with van der Waals surface area (Å²) < 4.78 is 13.0. The van der Waals surface area contributed by atoms with Crippen molar-refractivity contribution < 1.29 is 9.47 Å². The third-order valence-electron chi connectivity index (χ3n) is 5.07. The molecule has 0 radical (unpaired) electrons. The number of nitrogens with zero attached hydrogens (tertiary/aromatic N) is 3. The van der Waals surface area contributed by atoms with E-state index in [0.717, 1.165) is 49.2 Å². The Hall–Kier alpha value is -1.97. The van der Waals surface area contributed by atoms with Gasteiger partial charge in [0.15, 0.2) is 17.5 Å². The number of halogens is 1. The van der Waals surface area contributed by atoms with Crippen molar-refractivity contribution in [1.29, 1.82) is 0 Å². The van der Waals surface area contributed by atoms with Crippen LogP contribution < -0.4 is 20.1 Å². The van der Waals surface area contributed by atoms with Crippen LogP contribution in [0.1, 0.15) is 44.1 Å². The molecule has 0 fully saturated rings. The number of benzene rings is 1. The van der Waals surface area contributed by atoms with Crippen molar-refractivity contribution in [3.63, 3.8) is 0 Å². The van der Waals surface area contributed by atoms with Crippen molar-refractivity contribution in [2.24, 2.45) is 4.99 Å². The van der Waals surface area contributed by atoms with Crippen molar-refractivity contribution in [3.8, 4) is 11.5 Å². The average molecular weight is 527 g/mol. The molecule has 0 unspecified atom stereocenters. The van der Waals surface area contributed by atoms with Crippen LogP contribution in [-0.2, 0) is 12.0 Å². The highest BCUT2D eigenvalue weighted by atomic mass is 127. The fourth-order valence-electron chi connectivity index (χ4n) is 3.36. The summed E-state index contributed by atoms with van der Waals surface area (Å²) in [6.45, 7) is 14.1. The lowest BCUT2D eigenvalue weighted by Crippen LogP contribution is -2.39. The summed E-state index contributed by atoms with van der Waals surface area (Å²) in [7, 11) is 0. The molecule has 0 spiro atoms. The van der Waals surface area contributed by atoms with Gasteiger partial charge in [0.1, 0.15) is 0 Å². The first-order chi connectivity index (χ1) is 13.9. The van der Waals surface area contributed by atoms with Crippen LogP contribution in [-0.4, -0.2) is 42.2 Å². The molecule has 0 aliphatic carbocycles. The van der Waals surface area contributed by atoms with Crippen LogP contribution in [0.15, 0.2) is 29.3 Å². The second-order valence-electron chi connectivity index (χ2n) is 8.08. The molecule has 1 aliphatic heterocycles. The molecule has 0 saturated carbocycles. The first-order valence-corrected chi connectivity index (χ1v) is 10.3. The van der Waals surface area contributed by atoms with Gasteiger partial charge in [-0.25, -0.2) is 0 Å². The Morgan fingerprint density at radius 3 is 2.63 bits per heavy atom. The van der Waals surface area contributed by atoms with Crippen LogP contribution in [0.25, 0.3) is 0 Å². The second kappa shape index (κ2) is 10.9. The van der Waals surface area contributed by atoms with Crippen LogP contribution >= 0.6 is 24.0 Å². The topological polar surface area (TPSA) is 72.7 Å². The van der Waals surface area contributed by atoms with E-state index in [9.17, 15) is 0 Å². The van der Waals surface area contributed by atoms with Crippen LogP contribution in [0.3, 0.4) is 0 Å². The highest BCUT2D eigenvalue weighted by Gasteiger charge is 2.24. The number of rotatable bonds is 8. The molecule has 2 heterocycles. The molecule has 0 atom stereocenters. The molecule has 1 aliphatic rings. The summed E-state index contributed by atoms with van der Waals surface area (Å²) in [6, 6.07) is 8.24. The number of fused-ring (bicyclic) bond motifs is 1. The molecular formula is C22H34IN5O2. The number of aliphatic imine (C=N–C) groups is 1. The van der Waals surface area contributed by atoms with Gasteiger partial charge in [0.2, 0.25) is 6.79 Å². The minimum absolute atomic E-state index is 0. The van der Waals surface area contributed by atoms with E-state index < -0.39 is 0 Å². The highest BCUT2D eigenvalue weighted by molar-refractivity contribution is 14.0. The zero-order valence-electron chi connectivity index (χ0n) is 18.6. The lowest BCUT2D eigenvalue weighted by Gasteiger charge is -2.24. The molecule has 30 heavy (non-hydrogen) atoms. The maximum Gasteiger partial charge on any atom is 0.231 e. The Balaban J connectivity index is 0.00000320. The molecule has 7 nitrogen and oxygen atoms in total. The number of aromatic nitrogens is 2. The summed E-state index contributed by atoms with van der Waals surface area (Å²) in [6.07, 6.45) is 0.984. The number of hydrogen-bond donors (Lipinski definition) is 2. The summed E-state index contributed by atoms with van der Waals surface area (Å²) >= 11 is 0. The van der Waals surface area contributed by atoms with E-state index in [0.29, 0.717) is 13.3 Å². The van der Waals surface area contributed by atoms with Crippen molar-refractivity contribution in [2.75, 3.05) is 26.4 Å². The smallest absolute Gasteiger partial charge is 0.231 e. The van der Waals surface area contributed by atoms with Gasteiger partial charge >= 0.3 is 0 Å². The second-order valence-corrected chi connectivity index (χ2v) is 8.08. The predicted octanol–water partition coefficient (Wildman–Crippen LogP) is 3.77. The SMILES string of the molecule is CCNC(=NCC(C)(C)c1ccc2c(c1)OCO2)NCCCn1nc(C)cc1C.I. The molecule has 2 aromatic rings. The van der Waals surface area contributed by atoms with Gasteiger partial charge in [0.05, 0.1) is 12.2 Å². The molecule has 166 valence electrons. The number of nitrogens with one attached hydrogen (secondary N) is 2. The Bertz CT molecular complexity index is 863. The third-order valence-corrected chi connectivity index (χ3v) is 5.07. The normalized spacial score (nSPS) is 13.2. The van der Waals surface area contributed by atoms with Crippen molar-refractivity contribution in [3.05, 3.63) is 41.2 Å². The van der Waals surface area contributed by atoms with Gasteiger partial charge in [-0.2, -0.15) is 5.10 Å². The summed E-state index contributed by atoms with van der Waals surface area (Å²) in [5.41, 5.74) is 3.34. The Kier molecular flexibility index (Phi) is 8.81. The van der Waals surface area contributed by atoms with E-state index >= 15 is 0 Å². The Morgan fingerprint density at radius 2 is 1.93 bits per heavy atom. The molecule has 2 N–H and O–H groups in total. The summed E-state index contributed by atoms with van der Waals surface area (Å²) in [4.78, 5) is 4.82. The number of aryl methyl sites for hydroxylation is 3. The van der Waals surface area contributed by atoms with Crippen molar-refractivity contribution in [1.82, 2.24) is 20.4 Å². The molecule has 1 aromatic carbocycles. The number of ether oxygens (including phenoxy) is 2. The van der Waals surface area contributed by atoms with Crippen LogP contribution in [0.5, 0.6) is 11.5 Å². The molecule has 3 rings (SSSR count). The Morgan fingerprint density at radius 1 is 1.17 bits per heavy atom. The van der Waals surface area contributed by atoms with E-state index in [1.54, 1.807) is 0 Å². The lowest BCUT2D eigenvalue weighted by atomic mass is 9.84. The fraction of sp³-hybridized carbons (Fsp3) is 0.545.